The van der Waals surface area contributed by atoms with Gasteiger partial charge in [-0.1, -0.05) is 18.2 Å². The van der Waals surface area contributed by atoms with Gasteiger partial charge in [0.25, 0.3) is 5.91 Å². The van der Waals surface area contributed by atoms with Crippen LogP contribution in [-0.4, -0.2) is 29.9 Å². The fraction of sp³-hybridized carbons (Fsp3) is 0.176. The molecule has 0 saturated carbocycles. The quantitative estimate of drug-likeness (QED) is 0.355. The van der Waals surface area contributed by atoms with E-state index >= 15 is 0 Å². The highest BCUT2D eigenvalue weighted by Crippen LogP contribution is 2.27. The van der Waals surface area contributed by atoms with Crippen molar-refractivity contribution >= 4 is 29.6 Å². The molecule has 2 aromatic rings. The van der Waals surface area contributed by atoms with Gasteiger partial charge < -0.3 is 4.74 Å². The number of aryl methyl sites for hydroxylation is 1. The molecule has 7 nitrogen and oxygen atoms in total. The molecule has 0 spiro atoms. The molecule has 0 atom stereocenters. The van der Waals surface area contributed by atoms with E-state index in [1.54, 1.807) is 24.8 Å². The second kappa shape index (κ2) is 8.84. The monoisotopic (exact) mass is 359 g/mol. The van der Waals surface area contributed by atoms with Gasteiger partial charge >= 0.3 is 5.69 Å². The van der Waals surface area contributed by atoms with Crippen LogP contribution in [0.15, 0.2) is 52.5 Å². The van der Waals surface area contributed by atoms with Gasteiger partial charge in [0, 0.05) is 11.0 Å². The molecular formula is C17H17N3O4S. The minimum atomic E-state index is -0.545. The van der Waals surface area contributed by atoms with Gasteiger partial charge in [-0.15, -0.1) is 11.8 Å². The normalized spacial score (nSPS) is 10.6. The molecule has 25 heavy (non-hydrogen) atoms. The van der Waals surface area contributed by atoms with Crippen LogP contribution >= 0.6 is 11.8 Å². The van der Waals surface area contributed by atoms with Crippen molar-refractivity contribution in [2.75, 3.05) is 12.9 Å². The summed E-state index contributed by atoms with van der Waals surface area (Å²) in [7, 11) is 0. The van der Waals surface area contributed by atoms with Crippen molar-refractivity contribution in [3.8, 4) is 5.75 Å². The van der Waals surface area contributed by atoms with Crippen molar-refractivity contribution in [3.63, 3.8) is 0 Å². The Bertz CT molecular complexity index is 791. The Hall–Kier alpha value is -2.87. The topological polar surface area (TPSA) is 93.8 Å². The fourth-order valence-electron chi connectivity index (χ4n) is 1.94. The summed E-state index contributed by atoms with van der Waals surface area (Å²) in [5.41, 5.74) is 3.72. The van der Waals surface area contributed by atoms with E-state index in [-0.39, 0.29) is 18.0 Å². The maximum absolute atomic E-state index is 11.7. The summed E-state index contributed by atoms with van der Waals surface area (Å²) in [5.74, 6) is -0.464. The minimum Gasteiger partial charge on any atom is -0.477 e. The number of ether oxygens (including phenoxy) is 1. The molecule has 0 aliphatic heterocycles. The fourth-order valence-corrected chi connectivity index (χ4v) is 2.34. The molecule has 1 amide bonds. The molecule has 0 bridgehead atoms. The molecule has 0 heterocycles. The molecule has 130 valence electrons. The van der Waals surface area contributed by atoms with Gasteiger partial charge in [-0.3, -0.25) is 14.9 Å². The van der Waals surface area contributed by atoms with Crippen LogP contribution in [0.1, 0.15) is 11.1 Å². The van der Waals surface area contributed by atoms with Crippen LogP contribution in [0.3, 0.4) is 0 Å². The maximum atomic E-state index is 11.7. The second-order valence-electron chi connectivity index (χ2n) is 5.08. The van der Waals surface area contributed by atoms with Crippen molar-refractivity contribution in [1.29, 1.82) is 0 Å². The van der Waals surface area contributed by atoms with E-state index in [0.717, 1.165) is 16.0 Å². The summed E-state index contributed by atoms with van der Waals surface area (Å²) in [6.45, 7) is 1.37. The number of thioether (sulfide) groups is 1. The first kappa shape index (κ1) is 18.5. The zero-order chi connectivity index (χ0) is 18.2. The maximum Gasteiger partial charge on any atom is 0.311 e. The Kier molecular flexibility index (Phi) is 6.53. The van der Waals surface area contributed by atoms with Gasteiger partial charge in [-0.05, 0) is 42.5 Å². The molecule has 1 N–H and O–H groups in total. The third-order valence-electron chi connectivity index (χ3n) is 3.19. The first-order valence-electron chi connectivity index (χ1n) is 7.33. The highest BCUT2D eigenvalue weighted by molar-refractivity contribution is 7.98. The van der Waals surface area contributed by atoms with E-state index in [0.29, 0.717) is 0 Å². The van der Waals surface area contributed by atoms with E-state index in [9.17, 15) is 14.9 Å². The SMILES string of the molecule is CSc1ccc(/C=N\NC(=O)COc2ccc(C)cc2[N+](=O)[O-])cc1. The van der Waals surface area contributed by atoms with E-state index in [2.05, 4.69) is 10.5 Å². The van der Waals surface area contributed by atoms with E-state index in [4.69, 9.17) is 4.74 Å². The molecular weight excluding hydrogens is 342 g/mol. The lowest BCUT2D eigenvalue weighted by Crippen LogP contribution is -2.24. The van der Waals surface area contributed by atoms with Gasteiger partial charge in [0.1, 0.15) is 0 Å². The molecule has 0 saturated heterocycles. The first-order valence-corrected chi connectivity index (χ1v) is 8.56. The van der Waals surface area contributed by atoms with E-state index in [1.807, 2.05) is 30.5 Å². The summed E-state index contributed by atoms with van der Waals surface area (Å²) in [4.78, 5) is 23.3. The van der Waals surface area contributed by atoms with Gasteiger partial charge in [0.2, 0.25) is 0 Å². The van der Waals surface area contributed by atoms with Crippen LogP contribution in [0.25, 0.3) is 0 Å². The Balaban J connectivity index is 1.88. The van der Waals surface area contributed by atoms with Gasteiger partial charge in [0.15, 0.2) is 12.4 Å². The summed E-state index contributed by atoms with van der Waals surface area (Å²) < 4.78 is 5.22. The zero-order valence-electron chi connectivity index (χ0n) is 13.8. The highest BCUT2D eigenvalue weighted by Gasteiger charge is 2.16. The number of hydrogen-bond donors (Lipinski definition) is 1. The molecule has 0 fully saturated rings. The van der Waals surface area contributed by atoms with Crippen LogP contribution in [0.5, 0.6) is 5.75 Å². The summed E-state index contributed by atoms with van der Waals surface area (Å²) in [6.07, 6.45) is 3.50. The number of rotatable bonds is 7. The molecule has 2 aromatic carbocycles. The standard InChI is InChI=1S/C17H17N3O4S/c1-12-3-8-16(15(9-12)20(22)23)24-11-17(21)19-18-10-13-4-6-14(25-2)7-5-13/h3-10H,11H2,1-2H3,(H,19,21)/b18-10-. The molecule has 8 heteroatoms. The molecule has 0 radical (unpaired) electrons. The van der Waals surface area contributed by atoms with Crippen LogP contribution in [0, 0.1) is 17.0 Å². The minimum absolute atomic E-state index is 0.0439. The van der Waals surface area contributed by atoms with Crippen molar-refractivity contribution in [2.24, 2.45) is 5.10 Å². The van der Waals surface area contributed by atoms with Crippen LogP contribution in [-0.2, 0) is 4.79 Å². The van der Waals surface area contributed by atoms with E-state index in [1.165, 1.54) is 18.3 Å². The summed E-state index contributed by atoms with van der Waals surface area (Å²) >= 11 is 1.64. The van der Waals surface area contributed by atoms with Crippen molar-refractivity contribution in [3.05, 3.63) is 63.7 Å². The molecule has 0 aliphatic carbocycles. The number of nitro groups is 1. The lowest BCUT2D eigenvalue weighted by atomic mass is 10.2. The molecule has 0 aromatic heterocycles. The zero-order valence-corrected chi connectivity index (χ0v) is 14.6. The predicted octanol–water partition coefficient (Wildman–Crippen LogP) is 3.15. The predicted molar refractivity (Wildman–Crippen MR) is 97.3 cm³/mol. The largest absolute Gasteiger partial charge is 0.477 e. The molecule has 2 rings (SSSR count). The molecule has 0 aliphatic rings. The van der Waals surface area contributed by atoms with Gasteiger partial charge in [-0.2, -0.15) is 5.10 Å². The van der Waals surface area contributed by atoms with Crippen molar-refractivity contribution in [2.45, 2.75) is 11.8 Å². The number of hydrazone groups is 1. The Morgan fingerprint density at radius 3 is 2.68 bits per heavy atom. The third-order valence-corrected chi connectivity index (χ3v) is 3.93. The van der Waals surface area contributed by atoms with Crippen molar-refractivity contribution in [1.82, 2.24) is 5.43 Å². The number of carbonyl (C=O) groups excluding carboxylic acids is 1. The van der Waals surface area contributed by atoms with Crippen LogP contribution < -0.4 is 10.2 Å². The Labute approximate surface area is 149 Å². The number of amides is 1. The lowest BCUT2D eigenvalue weighted by Gasteiger charge is -2.06. The first-order chi connectivity index (χ1) is 12.0. The Morgan fingerprint density at radius 1 is 1.32 bits per heavy atom. The number of nitro benzene ring substituents is 1. The smallest absolute Gasteiger partial charge is 0.311 e. The molecule has 0 unspecified atom stereocenters. The average Bonchev–Trinajstić information content (AvgIpc) is 2.61. The second-order valence-corrected chi connectivity index (χ2v) is 5.96. The van der Waals surface area contributed by atoms with E-state index < -0.39 is 10.8 Å². The van der Waals surface area contributed by atoms with Crippen molar-refractivity contribution < 1.29 is 14.5 Å². The summed E-state index contributed by atoms with van der Waals surface area (Å²) in [6, 6.07) is 12.2. The third kappa shape index (κ3) is 5.61. The van der Waals surface area contributed by atoms with Crippen LogP contribution in [0.2, 0.25) is 0 Å². The van der Waals surface area contributed by atoms with Gasteiger partial charge in [0.05, 0.1) is 11.1 Å². The highest BCUT2D eigenvalue weighted by atomic mass is 32.2. The number of nitrogens with zero attached hydrogens (tertiary/aromatic N) is 2. The number of hydrogen-bond acceptors (Lipinski definition) is 6. The number of nitrogens with one attached hydrogen (secondary N) is 1. The Morgan fingerprint density at radius 2 is 2.04 bits per heavy atom. The average molecular weight is 359 g/mol. The lowest BCUT2D eigenvalue weighted by molar-refractivity contribution is -0.385. The number of carbonyl (C=O) groups is 1. The summed E-state index contributed by atoms with van der Waals surface area (Å²) in [5, 5.41) is 14.8. The van der Waals surface area contributed by atoms with Crippen LogP contribution in [0.4, 0.5) is 5.69 Å². The number of benzene rings is 2. The van der Waals surface area contributed by atoms with Gasteiger partial charge in [-0.25, -0.2) is 5.43 Å².